The first-order valence-electron chi connectivity index (χ1n) is 7.45. The normalized spacial score (nSPS) is 12.6. The van der Waals surface area contributed by atoms with E-state index in [4.69, 9.17) is 5.11 Å². The van der Waals surface area contributed by atoms with Crippen LogP contribution < -0.4 is 0 Å². The Morgan fingerprint density at radius 1 is 0.824 bits per heavy atom. The number of hydrogen-bond donors (Lipinski definition) is 1. The Balaban J connectivity index is 3.44. The summed E-state index contributed by atoms with van der Waals surface area (Å²) in [5.74, 6) is -0.685. The Morgan fingerprint density at radius 3 is 1.82 bits per heavy atom. The van der Waals surface area contributed by atoms with Crippen LogP contribution in [0.3, 0.4) is 0 Å². The second-order valence-corrected chi connectivity index (χ2v) is 5.09. The minimum absolute atomic E-state index is 0.0920. The van der Waals surface area contributed by atoms with Gasteiger partial charge >= 0.3 is 5.97 Å². The molecule has 0 spiro atoms. The lowest BCUT2D eigenvalue weighted by molar-refractivity contribution is -0.142. The van der Waals surface area contributed by atoms with Gasteiger partial charge in [0.2, 0.25) is 0 Å². The van der Waals surface area contributed by atoms with Gasteiger partial charge in [0.25, 0.3) is 0 Å². The third-order valence-corrected chi connectivity index (χ3v) is 3.41. The molecule has 1 unspecified atom stereocenters. The van der Waals surface area contributed by atoms with E-state index in [0.29, 0.717) is 0 Å². The van der Waals surface area contributed by atoms with Gasteiger partial charge < -0.3 is 5.11 Å². The third-order valence-electron chi connectivity index (χ3n) is 3.41. The molecular weight excluding hydrogens is 212 g/mol. The molecule has 0 saturated heterocycles. The van der Waals surface area contributed by atoms with Crippen molar-refractivity contribution in [1.82, 2.24) is 0 Å². The van der Waals surface area contributed by atoms with Crippen LogP contribution in [-0.4, -0.2) is 11.1 Å². The predicted molar refractivity (Wildman–Crippen MR) is 73.3 cm³/mol. The van der Waals surface area contributed by atoms with E-state index in [2.05, 4.69) is 13.8 Å². The maximum Gasteiger partial charge on any atom is 0.306 e. The molecule has 2 heteroatoms. The van der Waals surface area contributed by atoms with Crippen LogP contribution in [0.4, 0.5) is 0 Å². The molecule has 1 N–H and O–H groups in total. The van der Waals surface area contributed by atoms with Gasteiger partial charge in [-0.25, -0.2) is 0 Å². The van der Waals surface area contributed by atoms with Crippen molar-refractivity contribution in [2.45, 2.75) is 84.5 Å². The van der Waals surface area contributed by atoms with E-state index < -0.39 is 5.97 Å². The fourth-order valence-electron chi connectivity index (χ4n) is 2.19. The van der Waals surface area contributed by atoms with Crippen LogP contribution in [0.1, 0.15) is 84.5 Å². The molecule has 0 saturated carbocycles. The van der Waals surface area contributed by atoms with Crippen molar-refractivity contribution in [1.29, 1.82) is 0 Å². The van der Waals surface area contributed by atoms with Crippen LogP contribution in [-0.2, 0) is 4.79 Å². The number of unbranched alkanes of at least 4 members (excludes halogenated alkanes) is 7. The van der Waals surface area contributed by atoms with Crippen LogP contribution in [0.2, 0.25) is 0 Å². The first kappa shape index (κ1) is 16.5. The monoisotopic (exact) mass is 242 g/mol. The molecule has 0 aliphatic carbocycles. The molecule has 0 aliphatic heterocycles. The van der Waals surface area contributed by atoms with E-state index in [9.17, 15) is 4.79 Å². The van der Waals surface area contributed by atoms with Crippen LogP contribution in [0, 0.1) is 5.92 Å². The summed E-state index contributed by atoms with van der Waals surface area (Å²) in [6, 6.07) is 0. The van der Waals surface area contributed by atoms with Crippen molar-refractivity contribution in [2.75, 3.05) is 0 Å². The lowest BCUT2D eigenvalue weighted by Gasteiger charge is -2.11. The standard InChI is InChI=1S/C15H30O2/c1-3-5-7-8-9-10-11-13-14(15(16)17)12-6-4-2/h14H,3-13H2,1-2H3,(H,16,17). The molecule has 0 aromatic carbocycles. The quantitative estimate of drug-likeness (QED) is 0.488. The van der Waals surface area contributed by atoms with Gasteiger partial charge in [-0.15, -0.1) is 0 Å². The summed E-state index contributed by atoms with van der Waals surface area (Å²) in [5, 5.41) is 9.07. The number of hydrogen-bond acceptors (Lipinski definition) is 1. The molecule has 0 aromatic heterocycles. The molecule has 0 aromatic rings. The predicted octanol–water partition coefficient (Wildman–Crippen LogP) is 5.02. The summed E-state index contributed by atoms with van der Waals surface area (Å²) in [5.41, 5.74) is 0. The molecule has 0 amide bonds. The summed E-state index contributed by atoms with van der Waals surface area (Å²) in [6.45, 7) is 4.35. The Labute approximate surface area is 107 Å². The van der Waals surface area contributed by atoms with Gasteiger partial charge in [0, 0.05) is 0 Å². The zero-order chi connectivity index (χ0) is 12.9. The summed E-state index contributed by atoms with van der Waals surface area (Å²) in [6.07, 6.45) is 12.8. The maximum absolute atomic E-state index is 11.0. The molecule has 2 nitrogen and oxygen atoms in total. The molecule has 1 atom stereocenters. The second-order valence-electron chi connectivity index (χ2n) is 5.09. The third kappa shape index (κ3) is 10.3. The summed E-state index contributed by atoms with van der Waals surface area (Å²) in [4.78, 5) is 11.0. The van der Waals surface area contributed by atoms with Gasteiger partial charge in [0.15, 0.2) is 0 Å². The second kappa shape index (κ2) is 11.9. The number of aliphatic carboxylic acids is 1. The Bertz CT molecular complexity index is 178. The van der Waals surface area contributed by atoms with Crippen LogP contribution in [0.25, 0.3) is 0 Å². The van der Waals surface area contributed by atoms with Crippen LogP contribution in [0.5, 0.6) is 0 Å². The van der Waals surface area contributed by atoms with Crippen LogP contribution in [0.15, 0.2) is 0 Å². The summed E-state index contributed by atoms with van der Waals surface area (Å²) < 4.78 is 0. The molecule has 0 heterocycles. The van der Waals surface area contributed by atoms with Crippen molar-refractivity contribution >= 4 is 5.97 Å². The zero-order valence-corrected chi connectivity index (χ0v) is 11.7. The van der Waals surface area contributed by atoms with E-state index in [1.165, 1.54) is 38.5 Å². The van der Waals surface area contributed by atoms with E-state index in [-0.39, 0.29) is 5.92 Å². The van der Waals surface area contributed by atoms with E-state index in [1.807, 2.05) is 0 Å². The molecule has 0 radical (unpaired) electrons. The highest BCUT2D eigenvalue weighted by Crippen LogP contribution is 2.18. The van der Waals surface area contributed by atoms with E-state index >= 15 is 0 Å². The van der Waals surface area contributed by atoms with Gasteiger partial charge in [0.1, 0.15) is 0 Å². The topological polar surface area (TPSA) is 37.3 Å². The average Bonchev–Trinajstić information content (AvgIpc) is 2.31. The van der Waals surface area contributed by atoms with Crippen molar-refractivity contribution < 1.29 is 9.90 Å². The van der Waals surface area contributed by atoms with Crippen molar-refractivity contribution in [2.24, 2.45) is 5.92 Å². The average molecular weight is 242 g/mol. The fraction of sp³-hybridized carbons (Fsp3) is 0.933. The van der Waals surface area contributed by atoms with E-state index in [1.54, 1.807) is 0 Å². The number of carboxylic acid groups (broad SMARTS) is 1. The van der Waals surface area contributed by atoms with Crippen molar-refractivity contribution in [3.63, 3.8) is 0 Å². The van der Waals surface area contributed by atoms with Gasteiger partial charge in [-0.2, -0.15) is 0 Å². The highest BCUT2D eigenvalue weighted by Gasteiger charge is 2.15. The molecule has 0 bridgehead atoms. The van der Waals surface area contributed by atoms with E-state index in [0.717, 1.165) is 32.1 Å². The molecule has 102 valence electrons. The Kier molecular flexibility index (Phi) is 11.6. The molecule has 0 fully saturated rings. The highest BCUT2D eigenvalue weighted by atomic mass is 16.4. The molecule has 0 aliphatic rings. The number of rotatable bonds is 12. The van der Waals surface area contributed by atoms with Crippen molar-refractivity contribution in [3.05, 3.63) is 0 Å². The summed E-state index contributed by atoms with van der Waals surface area (Å²) >= 11 is 0. The molecular formula is C15H30O2. The van der Waals surface area contributed by atoms with Gasteiger partial charge in [-0.05, 0) is 12.8 Å². The lowest BCUT2D eigenvalue weighted by Crippen LogP contribution is -2.13. The SMILES string of the molecule is CCCCCCCCCC(CCCC)C(=O)O. The van der Waals surface area contributed by atoms with Crippen molar-refractivity contribution in [3.8, 4) is 0 Å². The number of carboxylic acids is 1. The minimum Gasteiger partial charge on any atom is -0.481 e. The Hall–Kier alpha value is -0.530. The Morgan fingerprint density at radius 2 is 1.29 bits per heavy atom. The lowest BCUT2D eigenvalue weighted by atomic mass is 9.95. The highest BCUT2D eigenvalue weighted by molar-refractivity contribution is 5.69. The minimum atomic E-state index is -0.593. The fourth-order valence-corrected chi connectivity index (χ4v) is 2.19. The van der Waals surface area contributed by atoms with Crippen LogP contribution >= 0.6 is 0 Å². The smallest absolute Gasteiger partial charge is 0.306 e. The first-order valence-corrected chi connectivity index (χ1v) is 7.45. The zero-order valence-electron chi connectivity index (χ0n) is 11.7. The maximum atomic E-state index is 11.0. The largest absolute Gasteiger partial charge is 0.481 e. The van der Waals surface area contributed by atoms with Gasteiger partial charge in [-0.3, -0.25) is 4.79 Å². The summed E-state index contributed by atoms with van der Waals surface area (Å²) in [7, 11) is 0. The van der Waals surface area contributed by atoms with Gasteiger partial charge in [-0.1, -0.05) is 71.6 Å². The first-order chi connectivity index (χ1) is 8.22. The number of carbonyl (C=O) groups is 1. The van der Waals surface area contributed by atoms with Gasteiger partial charge in [0.05, 0.1) is 5.92 Å². The molecule has 0 rings (SSSR count). The molecule has 17 heavy (non-hydrogen) atoms.